The fraction of sp³-hybridized carbons (Fsp3) is 0.696. The van der Waals surface area contributed by atoms with E-state index in [1.54, 1.807) is 6.20 Å². The van der Waals surface area contributed by atoms with Gasteiger partial charge in [0, 0.05) is 44.3 Å². The van der Waals surface area contributed by atoms with Crippen LogP contribution in [-0.2, 0) is 14.3 Å². The second-order valence-electron chi connectivity index (χ2n) is 8.36. The van der Waals surface area contributed by atoms with E-state index in [0.29, 0.717) is 30.8 Å². The van der Waals surface area contributed by atoms with Gasteiger partial charge in [-0.25, -0.2) is 4.98 Å². The third-order valence-electron chi connectivity index (χ3n) is 6.42. The number of ether oxygens (including phenoxy) is 1. The summed E-state index contributed by atoms with van der Waals surface area (Å²) in [4.78, 5) is 36.4. The van der Waals surface area contributed by atoms with Gasteiger partial charge in [0.1, 0.15) is 5.82 Å². The van der Waals surface area contributed by atoms with Crippen molar-refractivity contribution < 1.29 is 14.3 Å². The summed E-state index contributed by atoms with van der Waals surface area (Å²) in [6.45, 7) is 9.16. The molecule has 2 aliphatic heterocycles. The van der Waals surface area contributed by atoms with Gasteiger partial charge in [-0.05, 0) is 57.8 Å². The zero-order chi connectivity index (χ0) is 22.2. The molecule has 0 bridgehead atoms. The molecule has 7 nitrogen and oxygen atoms in total. The van der Waals surface area contributed by atoms with Crippen LogP contribution in [0.5, 0.6) is 0 Å². The Bertz CT molecular complexity index is 722. The molecule has 8 heteroatoms. The average molecular weight is 451 g/mol. The van der Waals surface area contributed by atoms with Crippen LogP contribution < -0.4 is 4.90 Å². The van der Waals surface area contributed by atoms with Crippen molar-refractivity contribution in [2.45, 2.75) is 52.0 Å². The first kappa shape index (κ1) is 23.8. The van der Waals surface area contributed by atoms with Gasteiger partial charge in [0.05, 0.1) is 18.1 Å². The van der Waals surface area contributed by atoms with Crippen LogP contribution >= 0.6 is 11.6 Å². The van der Waals surface area contributed by atoms with Gasteiger partial charge in [0.25, 0.3) is 0 Å². The fourth-order valence-electron chi connectivity index (χ4n) is 4.69. The lowest BCUT2D eigenvalue weighted by molar-refractivity contribution is -0.144. The van der Waals surface area contributed by atoms with Crippen LogP contribution in [0.1, 0.15) is 46.0 Å². The lowest BCUT2D eigenvalue weighted by atomic mass is 9.94. The van der Waals surface area contributed by atoms with E-state index in [4.69, 9.17) is 16.3 Å². The minimum Gasteiger partial charge on any atom is -0.466 e. The van der Waals surface area contributed by atoms with Crippen molar-refractivity contribution in [3.8, 4) is 0 Å². The Morgan fingerprint density at radius 1 is 1.19 bits per heavy atom. The molecule has 0 radical (unpaired) electrons. The maximum absolute atomic E-state index is 13.4. The maximum atomic E-state index is 13.4. The average Bonchev–Trinajstić information content (AvgIpc) is 3.24. The standard InChI is InChI=1S/C23H35ClN4O3/c1-3-26-12-5-6-20(26)17-28(15-11-22(29)31-4-2)23(30)18-9-13-27(14-10-18)21-8-7-19(24)16-25-21/h7-8,16,18,20H,3-6,9-15,17H2,1-2H3. The van der Waals surface area contributed by atoms with Gasteiger partial charge in [0.15, 0.2) is 0 Å². The molecule has 2 saturated heterocycles. The fourth-order valence-corrected chi connectivity index (χ4v) is 4.80. The molecule has 3 heterocycles. The molecule has 0 aromatic carbocycles. The van der Waals surface area contributed by atoms with Crippen LogP contribution in [0.4, 0.5) is 5.82 Å². The number of rotatable bonds is 9. The van der Waals surface area contributed by atoms with E-state index in [2.05, 4.69) is 21.7 Å². The van der Waals surface area contributed by atoms with E-state index in [1.165, 1.54) is 6.42 Å². The quantitative estimate of drug-likeness (QED) is 0.538. The number of carbonyl (C=O) groups is 2. The first-order valence-corrected chi connectivity index (χ1v) is 11.9. The third kappa shape index (κ3) is 6.56. The number of anilines is 1. The summed E-state index contributed by atoms with van der Waals surface area (Å²) >= 11 is 5.94. The molecule has 0 N–H and O–H groups in total. The number of nitrogens with zero attached hydrogens (tertiary/aromatic N) is 4. The molecule has 3 rings (SSSR count). The van der Waals surface area contributed by atoms with Gasteiger partial charge in [-0.3, -0.25) is 14.5 Å². The molecule has 0 aliphatic carbocycles. The Labute approximate surface area is 190 Å². The first-order valence-electron chi connectivity index (χ1n) is 11.6. The van der Waals surface area contributed by atoms with Gasteiger partial charge in [-0.15, -0.1) is 0 Å². The monoisotopic (exact) mass is 450 g/mol. The number of aromatic nitrogens is 1. The second-order valence-corrected chi connectivity index (χ2v) is 8.80. The predicted molar refractivity (Wildman–Crippen MR) is 122 cm³/mol. The molecule has 1 amide bonds. The summed E-state index contributed by atoms with van der Waals surface area (Å²) in [6, 6.07) is 4.16. The number of esters is 1. The highest BCUT2D eigenvalue weighted by molar-refractivity contribution is 6.30. The molecule has 1 unspecified atom stereocenters. The Hall–Kier alpha value is -1.86. The summed E-state index contributed by atoms with van der Waals surface area (Å²) in [7, 11) is 0. The number of pyridine rings is 1. The highest BCUT2D eigenvalue weighted by atomic mass is 35.5. The van der Waals surface area contributed by atoms with Gasteiger partial charge < -0.3 is 14.5 Å². The minimum absolute atomic E-state index is 0.0118. The largest absolute Gasteiger partial charge is 0.466 e. The van der Waals surface area contributed by atoms with Crippen LogP contribution in [-0.4, -0.2) is 78.6 Å². The molecule has 1 aromatic heterocycles. The minimum atomic E-state index is -0.234. The smallest absolute Gasteiger partial charge is 0.307 e. The lowest BCUT2D eigenvalue weighted by Crippen LogP contribution is -2.48. The zero-order valence-corrected chi connectivity index (χ0v) is 19.5. The Balaban J connectivity index is 1.60. The van der Waals surface area contributed by atoms with Gasteiger partial charge in [0.2, 0.25) is 5.91 Å². The number of piperidine rings is 1. The van der Waals surface area contributed by atoms with Crippen LogP contribution in [0.15, 0.2) is 18.3 Å². The van der Waals surface area contributed by atoms with Gasteiger partial charge in [-0.1, -0.05) is 18.5 Å². The highest BCUT2D eigenvalue weighted by Crippen LogP contribution is 2.25. The molecule has 2 aliphatic rings. The van der Waals surface area contributed by atoms with E-state index >= 15 is 0 Å². The van der Waals surface area contributed by atoms with E-state index in [1.807, 2.05) is 24.0 Å². The summed E-state index contributed by atoms with van der Waals surface area (Å²) in [5.74, 6) is 0.833. The zero-order valence-electron chi connectivity index (χ0n) is 18.8. The summed E-state index contributed by atoms with van der Waals surface area (Å²) in [5, 5.41) is 0.624. The van der Waals surface area contributed by atoms with Crippen molar-refractivity contribution in [3.63, 3.8) is 0 Å². The number of likely N-dealkylation sites (tertiary alicyclic amines) is 1. The second kappa shape index (κ2) is 11.7. The SMILES string of the molecule is CCOC(=O)CCN(CC1CCCN1CC)C(=O)C1CCN(c2ccc(Cl)cn2)CC1. The molecule has 31 heavy (non-hydrogen) atoms. The number of carbonyl (C=O) groups excluding carboxylic acids is 2. The number of hydrogen-bond donors (Lipinski definition) is 0. The van der Waals surface area contributed by atoms with Crippen molar-refractivity contribution in [2.24, 2.45) is 5.92 Å². The Kier molecular flexibility index (Phi) is 8.96. The van der Waals surface area contributed by atoms with E-state index in [0.717, 1.165) is 51.3 Å². The molecule has 172 valence electrons. The molecule has 1 atom stereocenters. The molecular formula is C23H35ClN4O3. The van der Waals surface area contributed by atoms with E-state index < -0.39 is 0 Å². The van der Waals surface area contributed by atoms with Crippen molar-refractivity contribution in [3.05, 3.63) is 23.4 Å². The van der Waals surface area contributed by atoms with Crippen molar-refractivity contribution in [2.75, 3.05) is 50.8 Å². The number of amides is 1. The summed E-state index contributed by atoms with van der Waals surface area (Å²) in [5.41, 5.74) is 0. The Morgan fingerprint density at radius 3 is 2.61 bits per heavy atom. The molecule has 2 fully saturated rings. The normalized spacial score (nSPS) is 20.1. The highest BCUT2D eigenvalue weighted by Gasteiger charge is 2.32. The van der Waals surface area contributed by atoms with Gasteiger partial charge >= 0.3 is 5.97 Å². The van der Waals surface area contributed by atoms with Crippen LogP contribution in [0, 0.1) is 5.92 Å². The summed E-state index contributed by atoms with van der Waals surface area (Å²) < 4.78 is 5.09. The topological polar surface area (TPSA) is 66.0 Å². The number of halogens is 1. The molecule has 0 spiro atoms. The lowest BCUT2D eigenvalue weighted by Gasteiger charge is -2.36. The van der Waals surface area contributed by atoms with E-state index in [9.17, 15) is 9.59 Å². The number of likely N-dealkylation sites (N-methyl/N-ethyl adjacent to an activating group) is 1. The predicted octanol–water partition coefficient (Wildman–Crippen LogP) is 3.22. The third-order valence-corrected chi connectivity index (χ3v) is 6.64. The van der Waals surface area contributed by atoms with Crippen LogP contribution in [0.3, 0.4) is 0 Å². The van der Waals surface area contributed by atoms with Crippen molar-refractivity contribution in [1.29, 1.82) is 0 Å². The number of hydrogen-bond acceptors (Lipinski definition) is 6. The van der Waals surface area contributed by atoms with E-state index in [-0.39, 0.29) is 24.2 Å². The van der Waals surface area contributed by atoms with Crippen molar-refractivity contribution >= 4 is 29.3 Å². The first-order chi connectivity index (χ1) is 15.0. The molecule has 0 saturated carbocycles. The van der Waals surface area contributed by atoms with Crippen LogP contribution in [0.25, 0.3) is 0 Å². The molecule has 1 aromatic rings. The summed E-state index contributed by atoms with van der Waals surface area (Å²) in [6.07, 6.45) is 5.78. The van der Waals surface area contributed by atoms with Crippen LogP contribution in [0.2, 0.25) is 5.02 Å². The molecular weight excluding hydrogens is 416 g/mol. The Morgan fingerprint density at radius 2 is 1.97 bits per heavy atom. The maximum Gasteiger partial charge on any atom is 0.307 e. The van der Waals surface area contributed by atoms with Gasteiger partial charge in [-0.2, -0.15) is 0 Å². The van der Waals surface area contributed by atoms with Crippen molar-refractivity contribution in [1.82, 2.24) is 14.8 Å².